The zero-order chi connectivity index (χ0) is 39.5. The number of allylic oxidation sites excluding steroid dienone is 2. The van der Waals surface area contributed by atoms with Crippen LogP contribution in [0.15, 0.2) is 141 Å². The molecule has 0 saturated heterocycles. The van der Waals surface area contributed by atoms with E-state index < -0.39 is 18.0 Å². The van der Waals surface area contributed by atoms with Crippen LogP contribution in [0.3, 0.4) is 0 Å². The third-order valence-corrected chi connectivity index (χ3v) is 9.78. The van der Waals surface area contributed by atoms with Crippen LogP contribution in [0, 0.1) is 11.8 Å². The van der Waals surface area contributed by atoms with Crippen molar-refractivity contribution in [1.82, 2.24) is 15.6 Å². The maximum atomic E-state index is 13.9. The molecule has 5 rings (SSSR count). The Morgan fingerprint density at radius 2 is 1.41 bits per heavy atom. The molecule has 0 aliphatic rings. The van der Waals surface area contributed by atoms with Crippen LogP contribution in [0.5, 0.6) is 5.75 Å². The number of fused-ring (bicyclic) bond motifs is 1. The maximum absolute atomic E-state index is 13.9. The number of para-hydroxylation sites is 1. The third kappa shape index (κ3) is 12.8. The first-order chi connectivity index (χ1) is 27.3. The molecule has 0 radical (unpaired) electrons. The number of benzene rings is 4. The summed E-state index contributed by atoms with van der Waals surface area (Å²) in [6.07, 6.45) is 8.06. The number of esters is 1. The van der Waals surface area contributed by atoms with Gasteiger partial charge in [0, 0.05) is 23.5 Å². The molecule has 4 atom stereocenters. The molecular weight excluding hydrogens is 703 g/mol. The van der Waals surface area contributed by atoms with E-state index >= 15 is 0 Å². The van der Waals surface area contributed by atoms with E-state index in [-0.39, 0.29) is 49.8 Å². The second-order valence-corrected chi connectivity index (χ2v) is 14.1. The van der Waals surface area contributed by atoms with E-state index in [4.69, 9.17) is 9.47 Å². The van der Waals surface area contributed by atoms with Gasteiger partial charge >= 0.3 is 5.97 Å². The lowest BCUT2D eigenvalue weighted by Crippen LogP contribution is -2.45. The Morgan fingerprint density at radius 3 is 2.11 bits per heavy atom. The molecule has 0 aliphatic heterocycles. The van der Waals surface area contributed by atoms with Gasteiger partial charge in [0.05, 0.1) is 30.5 Å². The first-order valence-corrected chi connectivity index (χ1v) is 19.3. The number of carbonyl (C=O) groups is 3. The topological polar surface area (TPSA) is 130 Å². The lowest BCUT2D eigenvalue weighted by atomic mass is 9.94. The van der Waals surface area contributed by atoms with E-state index in [1.807, 2.05) is 115 Å². The summed E-state index contributed by atoms with van der Waals surface area (Å²) in [7, 11) is 0. The van der Waals surface area contributed by atoms with Crippen molar-refractivity contribution in [3.63, 3.8) is 0 Å². The fourth-order valence-corrected chi connectivity index (χ4v) is 6.76. The number of aliphatic hydroxyl groups is 1. The molecule has 0 spiro atoms. The van der Waals surface area contributed by atoms with Crippen molar-refractivity contribution in [2.24, 2.45) is 11.8 Å². The van der Waals surface area contributed by atoms with Crippen LogP contribution < -0.4 is 15.4 Å². The molecule has 0 bridgehead atoms. The highest BCUT2D eigenvalue weighted by Crippen LogP contribution is 2.22. The Bertz CT molecular complexity index is 1990. The minimum absolute atomic E-state index is 0.0425. The molecule has 1 aromatic heterocycles. The largest absolute Gasteiger partial charge is 0.489 e. The van der Waals surface area contributed by atoms with Gasteiger partial charge in [-0.05, 0) is 79.0 Å². The van der Waals surface area contributed by atoms with E-state index in [2.05, 4.69) is 28.8 Å². The van der Waals surface area contributed by atoms with E-state index in [1.54, 1.807) is 12.2 Å². The fourth-order valence-electron chi connectivity index (χ4n) is 6.76. The summed E-state index contributed by atoms with van der Waals surface area (Å²) in [5, 5.41) is 17.2. The number of hydrogen-bond donors (Lipinski definition) is 4. The van der Waals surface area contributed by atoms with Crippen molar-refractivity contribution in [1.29, 1.82) is 0 Å². The number of ether oxygens (including phenoxy) is 2. The van der Waals surface area contributed by atoms with Crippen LogP contribution in [0.2, 0.25) is 0 Å². The molecule has 4 N–H and O–H groups in total. The van der Waals surface area contributed by atoms with Crippen LogP contribution in [0.25, 0.3) is 10.9 Å². The average molecular weight is 756 g/mol. The number of hydrogen-bond acceptors (Lipinski definition) is 6. The third-order valence-electron chi connectivity index (χ3n) is 9.78. The molecule has 292 valence electrons. The number of carbonyl (C=O) groups excluding carboxylic acids is 3. The molecule has 2 amide bonds. The minimum Gasteiger partial charge on any atom is -0.489 e. The summed E-state index contributed by atoms with van der Waals surface area (Å²) < 4.78 is 11.8. The lowest BCUT2D eigenvalue weighted by molar-refractivity contribution is -0.150. The van der Waals surface area contributed by atoms with Gasteiger partial charge in [0.1, 0.15) is 19.0 Å². The molecule has 0 saturated carbocycles. The molecule has 0 aliphatic carbocycles. The Hall–Kier alpha value is -5.93. The molecule has 1 heterocycles. The smallest absolute Gasteiger partial charge is 0.309 e. The molecule has 4 aromatic carbocycles. The highest BCUT2D eigenvalue weighted by Gasteiger charge is 2.27. The molecule has 0 fully saturated rings. The normalized spacial score (nSPS) is 13.2. The summed E-state index contributed by atoms with van der Waals surface area (Å²) in [5.41, 5.74) is 4.96. The summed E-state index contributed by atoms with van der Waals surface area (Å²) in [4.78, 5) is 44.1. The number of aromatic amines is 1. The lowest BCUT2D eigenvalue weighted by Gasteiger charge is -2.24. The van der Waals surface area contributed by atoms with Gasteiger partial charge in [-0.25, -0.2) is 0 Å². The van der Waals surface area contributed by atoms with Crippen LogP contribution in [-0.2, 0) is 45.0 Å². The second-order valence-electron chi connectivity index (χ2n) is 14.1. The van der Waals surface area contributed by atoms with Crippen molar-refractivity contribution in [2.45, 2.75) is 63.6 Å². The summed E-state index contributed by atoms with van der Waals surface area (Å²) in [6.45, 7) is 7.80. The first kappa shape index (κ1) is 41.2. The number of H-pyrrole nitrogens is 1. The van der Waals surface area contributed by atoms with Gasteiger partial charge in [0.15, 0.2) is 0 Å². The fraction of sp³-hybridized carbons (Fsp3) is 0.298. The quantitative estimate of drug-likeness (QED) is 0.0405. The predicted molar refractivity (Wildman–Crippen MR) is 221 cm³/mol. The van der Waals surface area contributed by atoms with Crippen molar-refractivity contribution in [3.05, 3.63) is 163 Å². The van der Waals surface area contributed by atoms with Crippen LogP contribution in [-0.4, -0.2) is 53.2 Å². The zero-order valence-electron chi connectivity index (χ0n) is 31.9. The Kier molecular flexibility index (Phi) is 16.1. The van der Waals surface area contributed by atoms with Crippen molar-refractivity contribution < 1.29 is 29.0 Å². The highest BCUT2D eigenvalue weighted by atomic mass is 16.5. The minimum atomic E-state index is -0.729. The zero-order valence-corrected chi connectivity index (χ0v) is 31.9. The van der Waals surface area contributed by atoms with Gasteiger partial charge in [-0.1, -0.05) is 103 Å². The van der Waals surface area contributed by atoms with Gasteiger partial charge in [-0.15, -0.1) is 13.2 Å². The molecule has 56 heavy (non-hydrogen) atoms. The summed E-state index contributed by atoms with van der Waals surface area (Å²) >= 11 is 0. The summed E-state index contributed by atoms with van der Waals surface area (Å²) in [5.74, 6) is -1.42. The Balaban J connectivity index is 1.21. The first-order valence-electron chi connectivity index (χ1n) is 19.3. The van der Waals surface area contributed by atoms with E-state index in [0.717, 1.165) is 38.9 Å². The Labute approximate surface area is 329 Å². The predicted octanol–water partition coefficient (Wildman–Crippen LogP) is 7.44. The molecule has 9 heteroatoms. The second kappa shape index (κ2) is 21.8. The maximum Gasteiger partial charge on any atom is 0.309 e. The SMILES string of the molecule is C=CCC[C@H](Cc1ccccc1)C(=O)OC[C@H](Cc1c[nH]c2ccccc12)NC(=O)[C@H](CC=C)CC(=O)N[C@H](CO)Cc1ccc(OCc2ccccc2)cc1. The van der Waals surface area contributed by atoms with Crippen LogP contribution >= 0.6 is 0 Å². The average Bonchev–Trinajstić information content (AvgIpc) is 3.63. The van der Waals surface area contributed by atoms with Gasteiger partial charge < -0.3 is 30.2 Å². The van der Waals surface area contributed by atoms with Gasteiger partial charge in [0.25, 0.3) is 0 Å². The van der Waals surface area contributed by atoms with E-state index in [1.165, 1.54) is 0 Å². The van der Waals surface area contributed by atoms with Gasteiger partial charge in [-0.3, -0.25) is 14.4 Å². The van der Waals surface area contributed by atoms with E-state index in [9.17, 15) is 19.5 Å². The van der Waals surface area contributed by atoms with Crippen molar-refractivity contribution in [2.75, 3.05) is 13.2 Å². The summed E-state index contributed by atoms with van der Waals surface area (Å²) in [6, 6.07) is 34.1. The molecule has 5 aromatic rings. The Morgan fingerprint density at radius 1 is 0.732 bits per heavy atom. The molecular formula is C47H53N3O6. The molecule has 0 unspecified atom stereocenters. The number of nitrogens with one attached hydrogen (secondary N) is 3. The van der Waals surface area contributed by atoms with Crippen molar-refractivity contribution >= 4 is 28.7 Å². The van der Waals surface area contributed by atoms with Crippen LogP contribution in [0.4, 0.5) is 0 Å². The number of aliphatic hydroxyl groups excluding tert-OH is 1. The standard InChI is InChI=1S/C47H53N3O6/c1-3-5-19-38(26-34-15-8-6-9-16-34)47(54)56-33-41(28-39-30-48-44-21-13-12-20-43(39)44)50-46(53)37(14-4-2)29-45(52)49-40(31-51)27-35-22-24-42(25-23-35)55-32-36-17-10-7-11-18-36/h3-4,6-13,15-18,20-25,30,37-38,40-41,48,51H,1-2,5,14,19,26-29,31-33H2,(H,49,52)(H,50,53)/t37-,38-,40+,41+/m1/s1. The monoisotopic (exact) mass is 755 g/mol. The number of rotatable bonds is 23. The van der Waals surface area contributed by atoms with Gasteiger partial charge in [0.2, 0.25) is 11.8 Å². The van der Waals surface area contributed by atoms with Crippen molar-refractivity contribution in [3.8, 4) is 5.75 Å². The van der Waals surface area contributed by atoms with Crippen LogP contribution in [0.1, 0.15) is 47.9 Å². The number of aromatic nitrogens is 1. The number of amides is 2. The van der Waals surface area contributed by atoms with E-state index in [0.29, 0.717) is 38.7 Å². The highest BCUT2D eigenvalue weighted by molar-refractivity contribution is 5.87. The molecule has 9 nitrogen and oxygen atoms in total. The van der Waals surface area contributed by atoms with Gasteiger partial charge in [-0.2, -0.15) is 0 Å².